The number of rotatable bonds is 0. The maximum absolute atomic E-state index is 11.8. The lowest BCUT2D eigenvalue weighted by Gasteiger charge is -2.65. The van der Waals surface area contributed by atoms with Crippen LogP contribution in [-0.4, -0.2) is 50.7 Å². The zero-order valence-electron chi connectivity index (χ0n) is 14.3. The number of aliphatic hydroxyl groups is 3. The van der Waals surface area contributed by atoms with Gasteiger partial charge in [-0.25, -0.2) is 0 Å². The van der Waals surface area contributed by atoms with Crippen molar-refractivity contribution in [2.75, 3.05) is 6.54 Å². The molecule has 3 saturated heterocycles. The number of hydrogen-bond acceptors (Lipinski definition) is 4. The second-order valence-electron chi connectivity index (χ2n) is 10.9. The first kappa shape index (κ1) is 13.7. The number of piperidine rings is 2. The number of fused-ring (bicyclic) bond motifs is 1. The zero-order chi connectivity index (χ0) is 16.4. The minimum atomic E-state index is -0.698. The highest BCUT2D eigenvalue weighted by molar-refractivity contribution is 5.43. The number of nitrogens with zero attached hydrogens (tertiary/aromatic N) is 1. The van der Waals surface area contributed by atoms with E-state index in [-0.39, 0.29) is 52.2 Å². The average molecular weight is 329 g/mol. The molecule has 2 spiro atoms. The van der Waals surface area contributed by atoms with Crippen molar-refractivity contribution < 1.29 is 15.3 Å². The summed E-state index contributed by atoms with van der Waals surface area (Å²) in [6, 6.07) is 0.280. The molecular weight excluding hydrogens is 302 g/mol. The van der Waals surface area contributed by atoms with Crippen molar-refractivity contribution in [1.82, 2.24) is 4.90 Å². The summed E-state index contributed by atoms with van der Waals surface area (Å²) < 4.78 is 0. The molecule has 6 aliphatic carbocycles. The third kappa shape index (κ3) is 0.960. The van der Waals surface area contributed by atoms with E-state index in [1.807, 2.05) is 0 Å². The molecule has 4 nitrogen and oxygen atoms in total. The maximum atomic E-state index is 11.8. The summed E-state index contributed by atoms with van der Waals surface area (Å²) in [5.41, 5.74) is 0.622. The second kappa shape index (κ2) is 3.28. The van der Waals surface area contributed by atoms with Crippen molar-refractivity contribution in [3.05, 3.63) is 12.2 Å². The Bertz CT molecular complexity index is 724. The summed E-state index contributed by atoms with van der Waals surface area (Å²) >= 11 is 0. The maximum Gasteiger partial charge on any atom is 0.123 e. The van der Waals surface area contributed by atoms with Gasteiger partial charge in [-0.3, -0.25) is 4.90 Å². The smallest absolute Gasteiger partial charge is 0.123 e. The van der Waals surface area contributed by atoms with E-state index in [1.54, 1.807) is 0 Å². The highest BCUT2D eigenvalue weighted by atomic mass is 16.3. The highest BCUT2D eigenvalue weighted by Crippen LogP contribution is 2.88. The minimum Gasteiger partial charge on any atom is -0.393 e. The Balaban J connectivity index is 1.55. The molecule has 0 aromatic heterocycles. The third-order valence-corrected chi connectivity index (χ3v) is 10.2. The fourth-order valence-electron chi connectivity index (χ4n) is 10.6. The van der Waals surface area contributed by atoms with Crippen molar-refractivity contribution in [2.45, 2.75) is 63.0 Å². The second-order valence-corrected chi connectivity index (χ2v) is 10.9. The van der Waals surface area contributed by atoms with Crippen LogP contribution < -0.4 is 0 Å². The molecule has 12 atom stereocenters. The molecule has 9 aliphatic rings. The van der Waals surface area contributed by atoms with Crippen molar-refractivity contribution in [3.63, 3.8) is 0 Å². The fourth-order valence-corrected chi connectivity index (χ4v) is 10.6. The van der Waals surface area contributed by atoms with Crippen molar-refractivity contribution in [3.8, 4) is 0 Å². The summed E-state index contributed by atoms with van der Waals surface area (Å²) in [4.78, 5) is 2.41. The molecule has 0 radical (unpaired) electrons. The monoisotopic (exact) mass is 329 g/mol. The molecule has 9 fully saturated rings. The molecular formula is C20H27NO3. The van der Waals surface area contributed by atoms with Gasteiger partial charge in [0.05, 0.1) is 12.2 Å². The Morgan fingerprint density at radius 3 is 2.83 bits per heavy atom. The quantitative estimate of drug-likeness (QED) is 0.583. The summed E-state index contributed by atoms with van der Waals surface area (Å²) in [6.07, 6.45) is 3.99. The Labute approximate surface area is 142 Å². The van der Waals surface area contributed by atoms with E-state index in [2.05, 4.69) is 18.4 Å². The molecule has 0 amide bonds. The van der Waals surface area contributed by atoms with Crippen LogP contribution in [0.1, 0.15) is 39.0 Å². The van der Waals surface area contributed by atoms with Gasteiger partial charge in [-0.05, 0) is 54.3 Å². The van der Waals surface area contributed by atoms with Gasteiger partial charge < -0.3 is 15.3 Å². The predicted molar refractivity (Wildman–Crippen MR) is 86.6 cm³/mol. The van der Waals surface area contributed by atoms with Crippen molar-refractivity contribution in [1.29, 1.82) is 0 Å². The summed E-state index contributed by atoms with van der Waals surface area (Å²) in [5, 5.41) is 33.8. The van der Waals surface area contributed by atoms with Gasteiger partial charge >= 0.3 is 0 Å². The van der Waals surface area contributed by atoms with Crippen LogP contribution in [0.25, 0.3) is 0 Å². The van der Waals surface area contributed by atoms with E-state index < -0.39 is 5.72 Å². The lowest BCUT2D eigenvalue weighted by Crippen LogP contribution is -2.67. The summed E-state index contributed by atoms with van der Waals surface area (Å²) in [5.74, 6) is 1.38. The van der Waals surface area contributed by atoms with Gasteiger partial charge in [-0.2, -0.15) is 0 Å². The van der Waals surface area contributed by atoms with Crippen LogP contribution in [0.15, 0.2) is 12.2 Å². The van der Waals surface area contributed by atoms with Crippen LogP contribution >= 0.6 is 0 Å². The lowest BCUT2D eigenvalue weighted by molar-refractivity contribution is -0.244. The Hall–Kier alpha value is -0.420. The first-order valence-electron chi connectivity index (χ1n) is 9.81. The molecule has 3 heterocycles. The molecule has 6 saturated carbocycles. The van der Waals surface area contributed by atoms with E-state index >= 15 is 0 Å². The van der Waals surface area contributed by atoms with Gasteiger partial charge in [0.2, 0.25) is 0 Å². The van der Waals surface area contributed by atoms with E-state index in [1.165, 1.54) is 5.57 Å². The van der Waals surface area contributed by atoms with Gasteiger partial charge in [0, 0.05) is 30.3 Å². The molecule has 3 N–H and O–H groups in total. The molecule has 9 bridgehead atoms. The van der Waals surface area contributed by atoms with Crippen LogP contribution in [0.3, 0.4) is 0 Å². The highest BCUT2D eigenvalue weighted by Gasteiger charge is 2.92. The Morgan fingerprint density at radius 2 is 2.04 bits per heavy atom. The SMILES string of the molecule is C=C1CC23CC4(O)C5C6(C)CC(O)CC57C(C2C(O)C1CC37)N4C6. The van der Waals surface area contributed by atoms with E-state index in [9.17, 15) is 15.3 Å². The van der Waals surface area contributed by atoms with Gasteiger partial charge in [-0.1, -0.05) is 19.1 Å². The first-order chi connectivity index (χ1) is 11.3. The van der Waals surface area contributed by atoms with Gasteiger partial charge in [0.1, 0.15) is 5.72 Å². The molecule has 0 aromatic rings. The molecule has 3 aliphatic heterocycles. The Kier molecular flexibility index (Phi) is 1.88. The van der Waals surface area contributed by atoms with Crippen LogP contribution in [0.5, 0.6) is 0 Å². The Morgan fingerprint density at radius 1 is 1.25 bits per heavy atom. The average Bonchev–Trinajstić information content (AvgIpc) is 2.80. The van der Waals surface area contributed by atoms with Crippen molar-refractivity contribution in [2.24, 2.45) is 39.9 Å². The number of aliphatic hydroxyl groups excluding tert-OH is 2. The van der Waals surface area contributed by atoms with Crippen LogP contribution in [0.4, 0.5) is 0 Å². The standard InChI is InChI=1S/C20H27NO3/c1-9-4-18-7-20(24)16-17(2)5-10(22)6-19(16)12(18)3-11(9)14(23)13(18)15(19)21(20)8-17/h10-16,22-24H,1,3-8H2,2H3. The van der Waals surface area contributed by atoms with Crippen LogP contribution in [0, 0.1) is 39.9 Å². The molecule has 130 valence electrons. The summed E-state index contributed by atoms with van der Waals surface area (Å²) in [6.45, 7) is 7.50. The third-order valence-electron chi connectivity index (χ3n) is 10.2. The fraction of sp³-hybridized carbons (Fsp3) is 0.900. The summed E-state index contributed by atoms with van der Waals surface area (Å²) in [7, 11) is 0. The number of hydrogen-bond donors (Lipinski definition) is 3. The minimum absolute atomic E-state index is 0.0266. The molecule has 12 unspecified atom stereocenters. The first-order valence-corrected chi connectivity index (χ1v) is 9.81. The molecule has 4 heteroatoms. The van der Waals surface area contributed by atoms with E-state index in [0.29, 0.717) is 5.92 Å². The zero-order valence-corrected chi connectivity index (χ0v) is 14.3. The van der Waals surface area contributed by atoms with Crippen LogP contribution in [0.2, 0.25) is 0 Å². The van der Waals surface area contributed by atoms with E-state index in [0.717, 1.165) is 38.6 Å². The topological polar surface area (TPSA) is 63.9 Å². The van der Waals surface area contributed by atoms with Gasteiger partial charge in [0.25, 0.3) is 0 Å². The molecule has 24 heavy (non-hydrogen) atoms. The largest absolute Gasteiger partial charge is 0.393 e. The molecule has 0 aromatic carbocycles. The van der Waals surface area contributed by atoms with E-state index in [4.69, 9.17) is 0 Å². The van der Waals surface area contributed by atoms with Gasteiger partial charge in [-0.15, -0.1) is 0 Å². The molecule has 9 rings (SSSR count). The lowest BCUT2D eigenvalue weighted by atomic mass is 9.40. The normalized spacial score (nSPS) is 76.1. The van der Waals surface area contributed by atoms with Crippen LogP contribution in [-0.2, 0) is 0 Å². The predicted octanol–water partition coefficient (Wildman–Crippen LogP) is 1.11. The van der Waals surface area contributed by atoms with Crippen molar-refractivity contribution >= 4 is 0 Å². The van der Waals surface area contributed by atoms with Gasteiger partial charge in [0.15, 0.2) is 0 Å².